The molecule has 0 saturated carbocycles. The number of Topliss-reactive ketones (excluding diaryl/α,β-unsaturated/α-hetero) is 1. The molecule has 0 atom stereocenters. The second kappa shape index (κ2) is 12.7. The third-order valence-electron chi connectivity index (χ3n) is 5.80. The number of carboxylic acids is 1. The predicted octanol–water partition coefficient (Wildman–Crippen LogP) is 7.28. The molecule has 0 bridgehead atoms. The molecule has 0 rings (SSSR count). The van der Waals surface area contributed by atoms with Crippen molar-refractivity contribution >= 4 is 11.8 Å². The molecule has 0 aliphatic carbocycles. The number of allylic oxidation sites excluding steroid dienone is 5. The van der Waals surface area contributed by atoms with Crippen molar-refractivity contribution in [2.75, 3.05) is 0 Å². The average molecular weight is 391 g/mol. The van der Waals surface area contributed by atoms with Crippen LogP contribution in [0.4, 0.5) is 0 Å². The Morgan fingerprint density at radius 2 is 1.36 bits per heavy atom. The highest BCUT2D eigenvalue weighted by Gasteiger charge is 2.26. The van der Waals surface area contributed by atoms with Crippen LogP contribution in [0.3, 0.4) is 0 Å². The van der Waals surface area contributed by atoms with Crippen LogP contribution in [0.5, 0.6) is 0 Å². The zero-order chi connectivity index (χ0) is 21.8. The summed E-state index contributed by atoms with van der Waals surface area (Å²) in [5, 5.41) is 9.22. The van der Waals surface area contributed by atoms with E-state index in [-0.39, 0.29) is 11.2 Å². The molecule has 0 aromatic rings. The van der Waals surface area contributed by atoms with Gasteiger partial charge in [-0.05, 0) is 77.4 Å². The Morgan fingerprint density at radius 3 is 1.86 bits per heavy atom. The molecule has 1 N–H and O–H groups in total. The number of carboxylic acid groups (broad SMARTS) is 1. The van der Waals surface area contributed by atoms with Gasteiger partial charge < -0.3 is 5.11 Å². The summed E-state index contributed by atoms with van der Waals surface area (Å²) in [7, 11) is 0. The number of carbonyl (C=O) groups is 2. The number of hydrogen-bond donors (Lipinski definition) is 1. The Kier molecular flexibility index (Phi) is 12.0. The van der Waals surface area contributed by atoms with Gasteiger partial charge >= 0.3 is 5.97 Å². The molecule has 0 spiro atoms. The van der Waals surface area contributed by atoms with Crippen LogP contribution in [-0.2, 0) is 9.59 Å². The molecule has 0 aliphatic heterocycles. The molecule has 0 aromatic heterocycles. The number of unbranched alkanes of at least 4 members (excludes halogenated alkanes) is 3. The van der Waals surface area contributed by atoms with E-state index in [1.807, 2.05) is 26.8 Å². The maximum Gasteiger partial charge on any atom is 0.309 e. The lowest BCUT2D eigenvalue weighted by Crippen LogP contribution is -2.23. The van der Waals surface area contributed by atoms with Gasteiger partial charge in [0.15, 0.2) is 0 Å². The first-order valence-electron chi connectivity index (χ1n) is 10.7. The summed E-state index contributed by atoms with van der Waals surface area (Å²) >= 11 is 0. The minimum atomic E-state index is -0.727. The van der Waals surface area contributed by atoms with E-state index >= 15 is 0 Å². The van der Waals surface area contributed by atoms with Gasteiger partial charge in [-0.3, -0.25) is 9.59 Å². The standard InChI is InChI=1S/C25H42O3/c1-8-15-22(17-11-10-13-18-24(4,5)20(3)26)21(9-2)16-12-14-19-25(6,7)23(27)28/h8-9,15H,2,10-14,16-19H2,1,3-7H3,(H,27,28)/b15-8-,22-21-. The highest BCUT2D eigenvalue weighted by atomic mass is 16.4. The Morgan fingerprint density at radius 1 is 0.857 bits per heavy atom. The monoisotopic (exact) mass is 390 g/mol. The van der Waals surface area contributed by atoms with E-state index < -0.39 is 11.4 Å². The van der Waals surface area contributed by atoms with Crippen molar-refractivity contribution in [3.8, 4) is 0 Å². The largest absolute Gasteiger partial charge is 0.481 e. The summed E-state index contributed by atoms with van der Waals surface area (Å²) in [5.41, 5.74) is 1.74. The number of rotatable bonds is 15. The van der Waals surface area contributed by atoms with E-state index in [2.05, 4.69) is 18.7 Å². The highest BCUT2D eigenvalue weighted by molar-refractivity contribution is 5.81. The molecule has 0 aliphatic rings. The fourth-order valence-corrected chi connectivity index (χ4v) is 3.17. The molecule has 0 radical (unpaired) electrons. The zero-order valence-electron chi connectivity index (χ0n) is 19.1. The van der Waals surface area contributed by atoms with Gasteiger partial charge in [-0.1, -0.05) is 57.9 Å². The van der Waals surface area contributed by atoms with Crippen LogP contribution in [-0.4, -0.2) is 16.9 Å². The first-order valence-corrected chi connectivity index (χ1v) is 10.7. The quantitative estimate of drug-likeness (QED) is 0.236. The van der Waals surface area contributed by atoms with E-state index in [0.717, 1.165) is 51.4 Å². The summed E-state index contributed by atoms with van der Waals surface area (Å²) in [6.07, 6.45) is 15.0. The zero-order valence-corrected chi connectivity index (χ0v) is 19.1. The molecule has 160 valence electrons. The third kappa shape index (κ3) is 10.1. The van der Waals surface area contributed by atoms with E-state index in [4.69, 9.17) is 0 Å². The van der Waals surface area contributed by atoms with Crippen LogP contribution >= 0.6 is 0 Å². The maximum atomic E-state index is 11.6. The topological polar surface area (TPSA) is 54.4 Å². The Bertz CT molecular complexity index is 577. The van der Waals surface area contributed by atoms with Gasteiger partial charge in [-0.15, -0.1) is 0 Å². The summed E-state index contributed by atoms with van der Waals surface area (Å²) in [4.78, 5) is 22.8. The molecule has 0 unspecified atom stereocenters. The number of carbonyl (C=O) groups excluding carboxylic acids is 1. The van der Waals surface area contributed by atoms with Gasteiger partial charge in [-0.25, -0.2) is 0 Å². The second-order valence-electron chi connectivity index (χ2n) is 9.15. The van der Waals surface area contributed by atoms with Crippen molar-refractivity contribution in [2.24, 2.45) is 10.8 Å². The van der Waals surface area contributed by atoms with Crippen molar-refractivity contribution < 1.29 is 14.7 Å². The molecule has 0 heterocycles. The Labute approximate surface area is 173 Å². The van der Waals surface area contributed by atoms with Gasteiger partial charge in [0.25, 0.3) is 0 Å². The number of hydrogen-bond acceptors (Lipinski definition) is 2. The van der Waals surface area contributed by atoms with Crippen LogP contribution in [0.1, 0.15) is 99.3 Å². The molecule has 3 nitrogen and oxygen atoms in total. The first-order chi connectivity index (χ1) is 13.0. The van der Waals surface area contributed by atoms with Crippen molar-refractivity contribution in [1.82, 2.24) is 0 Å². The van der Waals surface area contributed by atoms with E-state index in [9.17, 15) is 14.7 Å². The van der Waals surface area contributed by atoms with Crippen LogP contribution < -0.4 is 0 Å². The van der Waals surface area contributed by atoms with Gasteiger partial charge in [0.05, 0.1) is 5.41 Å². The molecule has 3 heteroatoms. The lowest BCUT2D eigenvalue weighted by Gasteiger charge is -2.20. The number of aliphatic carboxylic acids is 1. The smallest absolute Gasteiger partial charge is 0.309 e. The van der Waals surface area contributed by atoms with Crippen molar-refractivity contribution in [1.29, 1.82) is 0 Å². The van der Waals surface area contributed by atoms with Gasteiger partial charge in [0, 0.05) is 5.41 Å². The van der Waals surface area contributed by atoms with Gasteiger partial charge in [0.1, 0.15) is 5.78 Å². The van der Waals surface area contributed by atoms with E-state index in [1.165, 1.54) is 11.1 Å². The van der Waals surface area contributed by atoms with Crippen molar-refractivity contribution in [3.63, 3.8) is 0 Å². The first kappa shape index (κ1) is 26.4. The fraction of sp³-hybridized carbons (Fsp3) is 0.680. The summed E-state index contributed by atoms with van der Waals surface area (Å²) in [6.45, 7) is 15.3. The van der Waals surface area contributed by atoms with Crippen LogP contribution in [0.2, 0.25) is 0 Å². The average Bonchev–Trinajstić information content (AvgIpc) is 2.60. The maximum absolute atomic E-state index is 11.6. The minimum absolute atomic E-state index is 0.210. The van der Waals surface area contributed by atoms with Crippen molar-refractivity contribution in [3.05, 3.63) is 36.0 Å². The molecule has 0 saturated heterocycles. The minimum Gasteiger partial charge on any atom is -0.481 e. The number of ketones is 1. The molecule has 0 fully saturated rings. The Balaban J connectivity index is 4.60. The Hall–Kier alpha value is -1.64. The van der Waals surface area contributed by atoms with Crippen LogP contribution in [0.25, 0.3) is 0 Å². The molecular weight excluding hydrogens is 348 g/mol. The molecule has 0 aromatic carbocycles. The summed E-state index contributed by atoms with van der Waals surface area (Å²) in [5.74, 6) is -0.462. The normalized spacial score (nSPS) is 13.5. The highest BCUT2D eigenvalue weighted by Crippen LogP contribution is 2.28. The van der Waals surface area contributed by atoms with Gasteiger partial charge in [-0.2, -0.15) is 0 Å². The molecule has 0 amide bonds. The molecular formula is C25H42O3. The van der Waals surface area contributed by atoms with E-state index in [1.54, 1.807) is 20.8 Å². The SMILES string of the molecule is C=C/C(CCCCC(C)(C)C(=O)O)=C(\C=C/C)CCCCCC(C)(C)C(C)=O. The van der Waals surface area contributed by atoms with Crippen LogP contribution in [0, 0.1) is 10.8 Å². The summed E-state index contributed by atoms with van der Waals surface area (Å²) in [6, 6.07) is 0. The van der Waals surface area contributed by atoms with Crippen LogP contribution in [0.15, 0.2) is 36.0 Å². The summed E-state index contributed by atoms with van der Waals surface area (Å²) < 4.78 is 0. The predicted molar refractivity (Wildman–Crippen MR) is 119 cm³/mol. The van der Waals surface area contributed by atoms with Crippen molar-refractivity contribution in [2.45, 2.75) is 99.3 Å². The third-order valence-corrected chi connectivity index (χ3v) is 5.80. The molecule has 28 heavy (non-hydrogen) atoms. The van der Waals surface area contributed by atoms with E-state index in [0.29, 0.717) is 6.42 Å². The second-order valence-corrected chi connectivity index (χ2v) is 9.15. The van der Waals surface area contributed by atoms with Gasteiger partial charge in [0.2, 0.25) is 0 Å². The lowest BCUT2D eigenvalue weighted by molar-refractivity contribution is -0.147. The fourth-order valence-electron chi connectivity index (χ4n) is 3.17. The lowest BCUT2D eigenvalue weighted by atomic mass is 9.83.